The van der Waals surface area contributed by atoms with E-state index in [9.17, 15) is 4.79 Å². The number of aromatic nitrogens is 1. The van der Waals surface area contributed by atoms with Gasteiger partial charge in [-0.15, -0.1) is 12.4 Å². The lowest BCUT2D eigenvalue weighted by atomic mass is 9.85. The van der Waals surface area contributed by atoms with E-state index in [1.807, 2.05) is 7.05 Å². The molecule has 1 fully saturated rings. The van der Waals surface area contributed by atoms with Crippen LogP contribution in [0.15, 0.2) is 18.2 Å². The summed E-state index contributed by atoms with van der Waals surface area (Å²) >= 11 is 0. The Morgan fingerprint density at radius 2 is 2.24 bits per heavy atom. The molecule has 0 saturated heterocycles. The first-order chi connectivity index (χ1) is 7.66. The number of anilines is 1. The number of nitrogens with zero attached hydrogens (tertiary/aromatic N) is 2. The van der Waals surface area contributed by atoms with E-state index in [4.69, 9.17) is 5.73 Å². The highest BCUT2D eigenvalue weighted by Crippen LogP contribution is 2.26. The van der Waals surface area contributed by atoms with E-state index >= 15 is 0 Å². The van der Waals surface area contributed by atoms with Gasteiger partial charge in [-0.2, -0.15) is 0 Å². The van der Waals surface area contributed by atoms with Gasteiger partial charge in [0.2, 0.25) is 0 Å². The van der Waals surface area contributed by atoms with E-state index in [0.717, 1.165) is 6.54 Å². The van der Waals surface area contributed by atoms with Gasteiger partial charge in [0.15, 0.2) is 0 Å². The molecule has 94 valence electrons. The molecule has 1 aliphatic rings. The fourth-order valence-corrected chi connectivity index (χ4v) is 1.91. The topological polar surface area (TPSA) is 59.2 Å². The zero-order chi connectivity index (χ0) is 11.5. The summed E-state index contributed by atoms with van der Waals surface area (Å²) in [6, 6.07) is 5.14. The molecule has 2 N–H and O–H groups in total. The van der Waals surface area contributed by atoms with Gasteiger partial charge in [0, 0.05) is 13.6 Å². The molecular weight excluding hydrogens is 238 g/mol. The van der Waals surface area contributed by atoms with E-state index in [1.54, 1.807) is 23.1 Å². The van der Waals surface area contributed by atoms with Gasteiger partial charge in [-0.05, 0) is 30.9 Å². The first-order valence-corrected chi connectivity index (χ1v) is 5.65. The van der Waals surface area contributed by atoms with Crippen molar-refractivity contribution in [3.8, 4) is 0 Å². The first kappa shape index (κ1) is 13.8. The van der Waals surface area contributed by atoms with Crippen LogP contribution in [0.2, 0.25) is 0 Å². The highest BCUT2D eigenvalue weighted by Gasteiger charge is 2.22. The molecule has 0 atom stereocenters. The number of nitrogens with two attached hydrogens (primary N) is 1. The summed E-state index contributed by atoms with van der Waals surface area (Å²) in [5.41, 5.74) is 5.99. The zero-order valence-electron chi connectivity index (χ0n) is 9.93. The maximum atomic E-state index is 12.0. The van der Waals surface area contributed by atoms with Crippen molar-refractivity contribution in [2.75, 3.05) is 19.3 Å². The zero-order valence-corrected chi connectivity index (χ0v) is 10.7. The number of hydrogen-bond acceptors (Lipinski definition) is 3. The van der Waals surface area contributed by atoms with Gasteiger partial charge in [-0.1, -0.05) is 12.5 Å². The van der Waals surface area contributed by atoms with Crippen molar-refractivity contribution in [1.82, 2.24) is 9.88 Å². The summed E-state index contributed by atoms with van der Waals surface area (Å²) in [7, 11) is 1.82. The molecule has 0 aromatic carbocycles. The summed E-state index contributed by atoms with van der Waals surface area (Å²) < 4.78 is 0. The van der Waals surface area contributed by atoms with Crippen LogP contribution >= 0.6 is 12.4 Å². The van der Waals surface area contributed by atoms with Crippen molar-refractivity contribution in [3.63, 3.8) is 0 Å². The van der Waals surface area contributed by atoms with Crippen LogP contribution < -0.4 is 5.73 Å². The molecule has 17 heavy (non-hydrogen) atoms. The minimum Gasteiger partial charge on any atom is -0.384 e. The molecule has 0 unspecified atom stereocenters. The Hall–Kier alpha value is -1.29. The molecule has 1 aromatic rings. The van der Waals surface area contributed by atoms with Gasteiger partial charge in [-0.25, -0.2) is 4.98 Å². The molecule has 1 amide bonds. The average Bonchev–Trinajstić information content (AvgIpc) is 2.22. The first-order valence-electron chi connectivity index (χ1n) is 5.65. The second-order valence-corrected chi connectivity index (χ2v) is 4.43. The van der Waals surface area contributed by atoms with Crippen molar-refractivity contribution >= 4 is 24.1 Å². The van der Waals surface area contributed by atoms with Crippen molar-refractivity contribution in [2.24, 2.45) is 5.92 Å². The maximum Gasteiger partial charge on any atom is 0.272 e. The summed E-state index contributed by atoms with van der Waals surface area (Å²) in [5, 5.41) is 0. The molecule has 0 bridgehead atoms. The maximum absolute atomic E-state index is 12.0. The van der Waals surface area contributed by atoms with Crippen LogP contribution in [0.25, 0.3) is 0 Å². The largest absolute Gasteiger partial charge is 0.384 e. The van der Waals surface area contributed by atoms with Crippen LogP contribution in [0.5, 0.6) is 0 Å². The standard InChI is InChI=1S/C12H17N3O.ClH/c1-15(8-9-4-2-5-9)12(16)10-6-3-7-11(13)14-10;/h3,6-7,9H,2,4-5,8H2,1H3,(H2,13,14);1H. The number of hydrogen-bond donors (Lipinski definition) is 1. The highest BCUT2D eigenvalue weighted by molar-refractivity contribution is 5.92. The van der Waals surface area contributed by atoms with Crippen molar-refractivity contribution < 1.29 is 4.79 Å². The van der Waals surface area contributed by atoms with Crippen LogP contribution in [-0.2, 0) is 0 Å². The predicted molar refractivity (Wildman–Crippen MR) is 70.2 cm³/mol. The van der Waals surface area contributed by atoms with Gasteiger partial charge in [0.1, 0.15) is 11.5 Å². The van der Waals surface area contributed by atoms with Crippen molar-refractivity contribution in [1.29, 1.82) is 0 Å². The van der Waals surface area contributed by atoms with Crippen LogP contribution in [0.1, 0.15) is 29.8 Å². The van der Waals surface area contributed by atoms with Gasteiger partial charge in [0.05, 0.1) is 0 Å². The number of halogens is 1. The average molecular weight is 256 g/mol. The number of nitrogen functional groups attached to an aromatic ring is 1. The lowest BCUT2D eigenvalue weighted by molar-refractivity contribution is 0.0739. The Morgan fingerprint density at radius 3 is 2.76 bits per heavy atom. The number of carbonyl (C=O) groups is 1. The van der Waals surface area contributed by atoms with E-state index < -0.39 is 0 Å². The molecule has 4 nitrogen and oxygen atoms in total. The SMILES string of the molecule is CN(CC1CCC1)C(=O)c1cccc(N)n1.Cl. The molecule has 0 spiro atoms. The van der Waals surface area contributed by atoms with E-state index in [-0.39, 0.29) is 18.3 Å². The third kappa shape index (κ3) is 3.33. The molecule has 0 aliphatic heterocycles. The monoisotopic (exact) mass is 255 g/mol. The summed E-state index contributed by atoms with van der Waals surface area (Å²) in [5.74, 6) is 1.03. The van der Waals surface area contributed by atoms with Gasteiger partial charge < -0.3 is 10.6 Å². The Balaban J connectivity index is 0.00000144. The second-order valence-electron chi connectivity index (χ2n) is 4.43. The Bertz CT molecular complexity index is 393. The number of pyridine rings is 1. The van der Waals surface area contributed by atoms with Crippen LogP contribution in [0.3, 0.4) is 0 Å². The minimum absolute atomic E-state index is 0. The van der Waals surface area contributed by atoms with Crippen LogP contribution in [0, 0.1) is 5.92 Å². The summed E-state index contributed by atoms with van der Waals surface area (Å²) in [4.78, 5) is 17.8. The third-order valence-electron chi connectivity index (χ3n) is 3.09. The Morgan fingerprint density at radius 1 is 1.53 bits per heavy atom. The Kier molecular flexibility index (Phi) is 4.75. The molecule has 1 saturated carbocycles. The quantitative estimate of drug-likeness (QED) is 0.898. The van der Waals surface area contributed by atoms with E-state index in [0.29, 0.717) is 17.4 Å². The third-order valence-corrected chi connectivity index (χ3v) is 3.09. The normalized spacial score (nSPS) is 14.6. The summed E-state index contributed by atoms with van der Waals surface area (Å²) in [6.45, 7) is 0.829. The molecule has 5 heteroatoms. The molecule has 1 aromatic heterocycles. The van der Waals surface area contributed by atoms with E-state index in [1.165, 1.54) is 19.3 Å². The van der Waals surface area contributed by atoms with Crippen LogP contribution in [0.4, 0.5) is 5.82 Å². The van der Waals surface area contributed by atoms with Crippen molar-refractivity contribution in [3.05, 3.63) is 23.9 Å². The number of carbonyl (C=O) groups excluding carboxylic acids is 1. The molecular formula is C12H18ClN3O. The highest BCUT2D eigenvalue weighted by atomic mass is 35.5. The molecule has 0 radical (unpaired) electrons. The number of rotatable bonds is 3. The predicted octanol–water partition coefficient (Wildman–Crippen LogP) is 1.96. The number of amides is 1. The van der Waals surface area contributed by atoms with E-state index in [2.05, 4.69) is 4.98 Å². The van der Waals surface area contributed by atoms with Gasteiger partial charge in [-0.3, -0.25) is 4.79 Å². The second kappa shape index (κ2) is 5.87. The van der Waals surface area contributed by atoms with Gasteiger partial charge >= 0.3 is 0 Å². The summed E-state index contributed by atoms with van der Waals surface area (Å²) in [6.07, 6.45) is 3.77. The van der Waals surface area contributed by atoms with Crippen molar-refractivity contribution in [2.45, 2.75) is 19.3 Å². The lowest BCUT2D eigenvalue weighted by Crippen LogP contribution is -2.34. The fraction of sp³-hybridized carbons (Fsp3) is 0.500. The molecule has 1 aliphatic carbocycles. The molecule has 2 rings (SSSR count). The fourth-order valence-electron chi connectivity index (χ4n) is 1.91. The molecule has 1 heterocycles. The van der Waals surface area contributed by atoms with Crippen LogP contribution in [-0.4, -0.2) is 29.4 Å². The lowest BCUT2D eigenvalue weighted by Gasteiger charge is -2.29. The smallest absolute Gasteiger partial charge is 0.272 e. The minimum atomic E-state index is -0.0424. The van der Waals surface area contributed by atoms with Gasteiger partial charge in [0.25, 0.3) is 5.91 Å². The Labute approximate surface area is 108 Å².